The second kappa shape index (κ2) is 7.39. The molecular weight excluding hydrogens is 304 g/mol. The van der Waals surface area contributed by atoms with Gasteiger partial charge in [-0.1, -0.05) is 6.92 Å². The van der Waals surface area contributed by atoms with Gasteiger partial charge >= 0.3 is 0 Å². The molecule has 0 fully saturated rings. The van der Waals surface area contributed by atoms with Crippen molar-refractivity contribution < 1.29 is 18.3 Å². The topological polar surface area (TPSA) is 58.2 Å². The van der Waals surface area contributed by atoms with E-state index in [1.54, 1.807) is 6.33 Å². The number of fused-ring (bicyclic) bond motifs is 1. The smallest absolute Gasteiger partial charge is 0.290 e. The number of hydrogen-bond acceptors (Lipinski definition) is 3. The Morgan fingerprint density at radius 2 is 2.26 bits per heavy atom. The van der Waals surface area contributed by atoms with Crippen LogP contribution in [0.3, 0.4) is 0 Å². The van der Waals surface area contributed by atoms with Crippen molar-refractivity contribution in [3.63, 3.8) is 0 Å². The number of halogens is 2. The lowest BCUT2D eigenvalue weighted by molar-refractivity contribution is -0.131. The molecule has 2 heterocycles. The first-order valence-corrected chi connectivity index (χ1v) is 7.55. The molecule has 0 bridgehead atoms. The summed E-state index contributed by atoms with van der Waals surface area (Å²) in [4.78, 5) is 21.3. The van der Waals surface area contributed by atoms with Gasteiger partial charge in [-0.3, -0.25) is 4.79 Å². The highest BCUT2D eigenvalue weighted by atomic mass is 19.3. The molecule has 0 aromatic carbocycles. The van der Waals surface area contributed by atoms with E-state index in [1.165, 1.54) is 18.1 Å². The zero-order valence-corrected chi connectivity index (χ0v) is 13.5. The van der Waals surface area contributed by atoms with Gasteiger partial charge in [-0.25, -0.2) is 13.8 Å². The first-order valence-electron chi connectivity index (χ1n) is 7.55. The Hall–Kier alpha value is -2.18. The van der Waals surface area contributed by atoms with Crippen molar-refractivity contribution >= 4 is 5.91 Å². The molecule has 0 saturated carbocycles. The number of aromatic nitrogens is 2. The zero-order chi connectivity index (χ0) is 17.0. The van der Waals surface area contributed by atoms with Crippen molar-refractivity contribution in [3.8, 4) is 0 Å². The molecule has 0 unspecified atom stereocenters. The molecule has 1 aromatic rings. The Morgan fingerprint density at radius 1 is 1.52 bits per heavy atom. The maximum absolute atomic E-state index is 13.1. The highest BCUT2D eigenvalue weighted by molar-refractivity contribution is 5.92. The molecule has 0 spiro atoms. The van der Waals surface area contributed by atoms with E-state index in [4.69, 9.17) is 4.74 Å². The Morgan fingerprint density at radius 3 is 2.91 bits per heavy atom. The van der Waals surface area contributed by atoms with E-state index >= 15 is 0 Å². The van der Waals surface area contributed by atoms with Crippen LogP contribution in [0.1, 0.15) is 38.6 Å². The van der Waals surface area contributed by atoms with Gasteiger partial charge in [0, 0.05) is 18.5 Å². The average molecular weight is 325 g/mol. The molecule has 0 aliphatic carbocycles. The van der Waals surface area contributed by atoms with E-state index in [2.05, 4.69) is 9.97 Å². The molecule has 126 valence electrons. The molecule has 1 aliphatic rings. The molecule has 7 heteroatoms. The van der Waals surface area contributed by atoms with Gasteiger partial charge < -0.3 is 14.6 Å². The fraction of sp³-hybridized carbons (Fsp3) is 0.500. The monoisotopic (exact) mass is 325 g/mol. The molecule has 0 atom stereocenters. The van der Waals surface area contributed by atoms with E-state index < -0.39 is 12.3 Å². The van der Waals surface area contributed by atoms with Gasteiger partial charge in [-0.05, 0) is 25.8 Å². The fourth-order valence-electron chi connectivity index (χ4n) is 2.18. The number of amides is 1. The van der Waals surface area contributed by atoms with Crippen LogP contribution in [0.5, 0.6) is 0 Å². The van der Waals surface area contributed by atoms with Crippen molar-refractivity contribution in [2.75, 3.05) is 6.54 Å². The third-order valence-electron chi connectivity index (χ3n) is 3.88. The lowest BCUT2D eigenvalue weighted by Crippen LogP contribution is -2.37. The molecule has 2 rings (SSSR count). The number of ether oxygens (including phenoxy) is 1. The number of carbonyl (C=O) groups is 1. The van der Waals surface area contributed by atoms with Crippen molar-refractivity contribution in [1.29, 1.82) is 0 Å². The van der Waals surface area contributed by atoms with Crippen molar-refractivity contribution in [3.05, 3.63) is 40.9 Å². The van der Waals surface area contributed by atoms with Crippen LogP contribution in [0, 0.1) is 0 Å². The number of carbonyl (C=O) groups excluding carboxylic acids is 1. The summed E-state index contributed by atoms with van der Waals surface area (Å²) >= 11 is 0. The third kappa shape index (κ3) is 3.97. The molecule has 1 aliphatic heterocycles. The first kappa shape index (κ1) is 17.2. The third-order valence-corrected chi connectivity index (χ3v) is 3.88. The Labute approximate surface area is 134 Å². The standard InChI is InChI=1S/C16H21F2N3O2/c1-4-10(2)8-23-14(11(3)15(17)18)16(22)21-6-5-12-13(7-21)20-9-19-12/h8-9,15H,4-7H2,1-3H3,(H,19,20)/b10-8-,14-11+. The van der Waals surface area contributed by atoms with Gasteiger partial charge in [-0.15, -0.1) is 0 Å². The summed E-state index contributed by atoms with van der Waals surface area (Å²) in [7, 11) is 0. The van der Waals surface area contributed by atoms with E-state index in [0.717, 1.165) is 23.4 Å². The molecule has 0 radical (unpaired) electrons. The molecule has 0 saturated heterocycles. The number of imidazole rings is 1. The largest absolute Gasteiger partial charge is 0.459 e. The number of nitrogens with zero attached hydrogens (tertiary/aromatic N) is 2. The number of nitrogens with one attached hydrogen (secondary N) is 1. The minimum atomic E-state index is -2.74. The average Bonchev–Trinajstić information content (AvgIpc) is 3.01. The molecule has 5 nitrogen and oxygen atoms in total. The lowest BCUT2D eigenvalue weighted by Gasteiger charge is -2.27. The van der Waals surface area contributed by atoms with Gasteiger partial charge in [0.15, 0.2) is 5.76 Å². The van der Waals surface area contributed by atoms with E-state index in [0.29, 0.717) is 19.5 Å². The van der Waals surface area contributed by atoms with Crippen LogP contribution in [-0.2, 0) is 22.5 Å². The van der Waals surface area contributed by atoms with E-state index in [-0.39, 0.29) is 11.3 Å². The summed E-state index contributed by atoms with van der Waals surface area (Å²) in [5.74, 6) is -0.820. The number of hydrogen-bond donors (Lipinski definition) is 1. The van der Waals surface area contributed by atoms with Crippen LogP contribution in [0.4, 0.5) is 8.78 Å². The highest BCUT2D eigenvalue weighted by Crippen LogP contribution is 2.22. The summed E-state index contributed by atoms with van der Waals surface area (Å²) in [5, 5.41) is 0. The number of aromatic amines is 1. The quantitative estimate of drug-likeness (QED) is 0.668. The summed E-state index contributed by atoms with van der Waals surface area (Å²) < 4.78 is 31.4. The SMILES string of the molecule is CC/C(C)=C\O/C(C(=O)N1CCc2nc[nH]c2C1)=C(\C)C(F)F. The summed E-state index contributed by atoms with van der Waals surface area (Å²) in [5.41, 5.74) is 2.25. The summed E-state index contributed by atoms with van der Waals surface area (Å²) in [6.07, 6.45) is 1.51. The van der Waals surface area contributed by atoms with Crippen molar-refractivity contribution in [2.24, 2.45) is 0 Å². The Bertz CT molecular complexity index is 635. The maximum Gasteiger partial charge on any atom is 0.290 e. The van der Waals surface area contributed by atoms with Crippen LogP contribution in [0.25, 0.3) is 0 Å². The minimum Gasteiger partial charge on any atom is -0.459 e. The van der Waals surface area contributed by atoms with Crippen molar-refractivity contribution in [1.82, 2.24) is 14.9 Å². The molecule has 1 amide bonds. The zero-order valence-electron chi connectivity index (χ0n) is 13.5. The maximum atomic E-state index is 13.1. The molecular formula is C16H21F2N3O2. The first-order chi connectivity index (χ1) is 10.9. The van der Waals surface area contributed by atoms with Gasteiger partial charge in [0.1, 0.15) is 0 Å². The van der Waals surface area contributed by atoms with Gasteiger partial charge in [0.05, 0.1) is 30.5 Å². The van der Waals surface area contributed by atoms with Crippen LogP contribution in [-0.4, -0.2) is 33.7 Å². The normalized spacial score (nSPS) is 16.3. The van der Waals surface area contributed by atoms with Crippen LogP contribution in [0.15, 0.2) is 29.5 Å². The number of alkyl halides is 2. The van der Waals surface area contributed by atoms with Crippen LogP contribution in [0.2, 0.25) is 0 Å². The van der Waals surface area contributed by atoms with E-state index in [1.807, 2.05) is 13.8 Å². The number of H-pyrrole nitrogens is 1. The molecule has 1 N–H and O–H groups in total. The van der Waals surface area contributed by atoms with Gasteiger partial charge in [0.25, 0.3) is 12.3 Å². The number of rotatable bonds is 5. The second-order valence-electron chi connectivity index (χ2n) is 5.55. The summed E-state index contributed by atoms with van der Waals surface area (Å²) in [6.45, 7) is 5.70. The number of allylic oxidation sites excluding steroid dienone is 2. The van der Waals surface area contributed by atoms with E-state index in [9.17, 15) is 13.6 Å². The molecule has 23 heavy (non-hydrogen) atoms. The van der Waals surface area contributed by atoms with Crippen molar-refractivity contribution in [2.45, 2.75) is 46.6 Å². The predicted molar refractivity (Wildman–Crippen MR) is 81.5 cm³/mol. The van der Waals surface area contributed by atoms with Crippen LogP contribution < -0.4 is 0 Å². The van der Waals surface area contributed by atoms with Crippen LogP contribution >= 0.6 is 0 Å². The lowest BCUT2D eigenvalue weighted by atomic mass is 10.1. The van der Waals surface area contributed by atoms with Gasteiger partial charge in [-0.2, -0.15) is 0 Å². The Balaban J connectivity index is 2.22. The molecule has 1 aromatic heterocycles. The predicted octanol–water partition coefficient (Wildman–Crippen LogP) is 3.16. The summed E-state index contributed by atoms with van der Waals surface area (Å²) in [6, 6.07) is 0. The Kier molecular flexibility index (Phi) is 5.52. The minimum absolute atomic E-state index is 0.296. The highest BCUT2D eigenvalue weighted by Gasteiger charge is 2.28. The van der Waals surface area contributed by atoms with Gasteiger partial charge in [0.2, 0.25) is 0 Å². The fourth-order valence-corrected chi connectivity index (χ4v) is 2.18. The second-order valence-corrected chi connectivity index (χ2v) is 5.55.